The lowest BCUT2D eigenvalue weighted by molar-refractivity contribution is 0.410. The molecule has 0 saturated carbocycles. The first-order chi connectivity index (χ1) is 7.41. The number of hydrogen-bond donors (Lipinski definition) is 2. The summed E-state index contributed by atoms with van der Waals surface area (Å²) in [6.07, 6.45) is 2.53. The fraction of sp³-hybridized carbons (Fsp3) is 1.00. The van der Waals surface area contributed by atoms with Gasteiger partial charge in [0, 0.05) is 25.2 Å². The lowest BCUT2D eigenvalue weighted by Crippen LogP contribution is -2.37. The molecule has 2 nitrogen and oxygen atoms in total. The Morgan fingerprint density at radius 3 is 1.19 bits per heavy atom. The van der Waals surface area contributed by atoms with Gasteiger partial charge in [0.25, 0.3) is 0 Å². The minimum atomic E-state index is 0.641. The normalized spacial score (nSPS) is 15.8. The van der Waals surface area contributed by atoms with Gasteiger partial charge in [-0.2, -0.15) is 0 Å². The summed E-state index contributed by atoms with van der Waals surface area (Å²) in [5.41, 5.74) is 0. The van der Waals surface area contributed by atoms with Crippen molar-refractivity contribution in [2.75, 3.05) is 13.1 Å². The fourth-order valence-electron chi connectivity index (χ4n) is 2.22. The molecule has 2 N–H and O–H groups in total. The monoisotopic (exact) mass is 228 g/mol. The maximum absolute atomic E-state index is 3.56. The third-order valence-electron chi connectivity index (χ3n) is 2.76. The lowest BCUT2D eigenvalue weighted by atomic mass is 10.1. The van der Waals surface area contributed by atoms with Gasteiger partial charge in [0.05, 0.1) is 0 Å². The molecule has 0 aliphatic heterocycles. The van der Waals surface area contributed by atoms with Gasteiger partial charge in [0.15, 0.2) is 0 Å². The highest BCUT2D eigenvalue weighted by molar-refractivity contribution is 4.66. The molecule has 0 heterocycles. The van der Waals surface area contributed by atoms with Crippen LogP contribution in [0.1, 0.15) is 54.4 Å². The summed E-state index contributed by atoms with van der Waals surface area (Å²) in [6, 6.07) is 1.28. The quantitative estimate of drug-likeness (QED) is 0.593. The van der Waals surface area contributed by atoms with Gasteiger partial charge >= 0.3 is 0 Å². The van der Waals surface area contributed by atoms with Crippen molar-refractivity contribution in [1.29, 1.82) is 0 Å². The van der Waals surface area contributed by atoms with Crippen LogP contribution in [0.2, 0.25) is 0 Å². The molecule has 0 amide bonds. The van der Waals surface area contributed by atoms with Crippen molar-refractivity contribution in [3.8, 4) is 0 Å². The number of rotatable bonds is 9. The van der Waals surface area contributed by atoms with E-state index in [-0.39, 0.29) is 0 Å². The third kappa shape index (κ3) is 10.4. The van der Waals surface area contributed by atoms with E-state index >= 15 is 0 Å². The van der Waals surface area contributed by atoms with Crippen molar-refractivity contribution in [3.05, 3.63) is 0 Å². The second-order valence-corrected chi connectivity index (χ2v) is 5.97. The highest BCUT2D eigenvalue weighted by Crippen LogP contribution is 2.04. The smallest absolute Gasteiger partial charge is 0.00793 e. The molecule has 0 saturated heterocycles. The van der Waals surface area contributed by atoms with Crippen LogP contribution in [0.15, 0.2) is 0 Å². The Hall–Kier alpha value is -0.0800. The zero-order valence-electron chi connectivity index (χ0n) is 12.1. The Kier molecular flexibility index (Phi) is 8.96. The predicted octanol–water partition coefficient (Wildman–Crippen LogP) is 3.03. The Morgan fingerprint density at radius 1 is 0.625 bits per heavy atom. The zero-order chi connectivity index (χ0) is 12.6. The summed E-state index contributed by atoms with van der Waals surface area (Å²) in [5.74, 6) is 1.57. The molecule has 2 atom stereocenters. The van der Waals surface area contributed by atoms with Crippen LogP contribution >= 0.6 is 0 Å². The zero-order valence-corrected chi connectivity index (χ0v) is 12.1. The molecular formula is C14H32N2. The van der Waals surface area contributed by atoms with Crippen LogP contribution in [0.3, 0.4) is 0 Å². The molecule has 0 aromatic heterocycles. The molecule has 0 fully saturated rings. The summed E-state index contributed by atoms with van der Waals surface area (Å²) in [7, 11) is 0. The SMILES string of the molecule is CC(C)CC(C)NCCNC(C)CC(C)C. The molecule has 0 aliphatic rings. The van der Waals surface area contributed by atoms with E-state index in [0.29, 0.717) is 12.1 Å². The molecule has 0 aromatic carbocycles. The van der Waals surface area contributed by atoms with Crippen LogP contribution in [0, 0.1) is 11.8 Å². The van der Waals surface area contributed by atoms with E-state index in [4.69, 9.17) is 0 Å². The third-order valence-corrected chi connectivity index (χ3v) is 2.76. The molecule has 16 heavy (non-hydrogen) atoms. The highest BCUT2D eigenvalue weighted by Gasteiger charge is 2.05. The Morgan fingerprint density at radius 2 is 0.938 bits per heavy atom. The van der Waals surface area contributed by atoms with Gasteiger partial charge in [-0.25, -0.2) is 0 Å². The molecule has 98 valence electrons. The molecule has 0 bridgehead atoms. The van der Waals surface area contributed by atoms with Crippen LogP contribution in [-0.2, 0) is 0 Å². The summed E-state index contributed by atoms with van der Waals surface area (Å²) < 4.78 is 0. The van der Waals surface area contributed by atoms with E-state index < -0.39 is 0 Å². The van der Waals surface area contributed by atoms with Gasteiger partial charge in [0.1, 0.15) is 0 Å². The summed E-state index contributed by atoms with van der Waals surface area (Å²) in [6.45, 7) is 15.8. The minimum Gasteiger partial charge on any atom is -0.313 e. The molecule has 0 radical (unpaired) electrons. The Labute approximate surface area is 103 Å². The second-order valence-electron chi connectivity index (χ2n) is 5.97. The van der Waals surface area contributed by atoms with Crippen LogP contribution in [-0.4, -0.2) is 25.2 Å². The summed E-state index contributed by atoms with van der Waals surface area (Å²) in [4.78, 5) is 0. The molecule has 0 aliphatic carbocycles. The van der Waals surface area contributed by atoms with Crippen molar-refractivity contribution >= 4 is 0 Å². The first-order valence-electron chi connectivity index (χ1n) is 6.88. The van der Waals surface area contributed by atoms with Crippen LogP contribution in [0.5, 0.6) is 0 Å². The first-order valence-corrected chi connectivity index (χ1v) is 6.88. The van der Waals surface area contributed by atoms with Gasteiger partial charge in [0.2, 0.25) is 0 Å². The summed E-state index contributed by atoms with van der Waals surface area (Å²) in [5, 5.41) is 7.12. The van der Waals surface area contributed by atoms with Crippen molar-refractivity contribution in [2.24, 2.45) is 11.8 Å². The predicted molar refractivity (Wildman–Crippen MR) is 73.8 cm³/mol. The standard InChI is InChI=1S/C14H32N2/c1-11(2)9-13(5)15-7-8-16-14(6)10-12(3)4/h11-16H,7-10H2,1-6H3. The van der Waals surface area contributed by atoms with E-state index in [9.17, 15) is 0 Å². The average molecular weight is 228 g/mol. The molecule has 0 spiro atoms. The van der Waals surface area contributed by atoms with Gasteiger partial charge in [-0.3, -0.25) is 0 Å². The van der Waals surface area contributed by atoms with E-state index in [2.05, 4.69) is 52.2 Å². The van der Waals surface area contributed by atoms with Gasteiger partial charge in [-0.05, 0) is 38.5 Å². The van der Waals surface area contributed by atoms with Crippen LogP contribution in [0.25, 0.3) is 0 Å². The van der Waals surface area contributed by atoms with E-state index in [1.807, 2.05) is 0 Å². The van der Waals surface area contributed by atoms with E-state index in [1.165, 1.54) is 12.8 Å². The van der Waals surface area contributed by atoms with Gasteiger partial charge < -0.3 is 10.6 Å². The maximum atomic E-state index is 3.56. The van der Waals surface area contributed by atoms with Gasteiger partial charge in [-0.15, -0.1) is 0 Å². The van der Waals surface area contributed by atoms with Crippen molar-refractivity contribution in [2.45, 2.75) is 66.5 Å². The van der Waals surface area contributed by atoms with Crippen molar-refractivity contribution in [3.63, 3.8) is 0 Å². The average Bonchev–Trinajstić information content (AvgIpc) is 2.10. The summed E-state index contributed by atoms with van der Waals surface area (Å²) >= 11 is 0. The molecule has 0 aromatic rings. The Bertz CT molecular complexity index is 137. The largest absolute Gasteiger partial charge is 0.313 e. The van der Waals surface area contributed by atoms with Crippen molar-refractivity contribution < 1.29 is 0 Å². The van der Waals surface area contributed by atoms with Crippen LogP contribution in [0.4, 0.5) is 0 Å². The molecule has 0 rings (SSSR count). The van der Waals surface area contributed by atoms with Gasteiger partial charge in [-0.1, -0.05) is 27.7 Å². The molecule has 2 unspecified atom stereocenters. The first kappa shape index (κ1) is 15.9. The van der Waals surface area contributed by atoms with E-state index in [0.717, 1.165) is 24.9 Å². The highest BCUT2D eigenvalue weighted by atomic mass is 15.0. The maximum Gasteiger partial charge on any atom is 0.00793 e. The van der Waals surface area contributed by atoms with Crippen molar-refractivity contribution in [1.82, 2.24) is 10.6 Å². The number of hydrogen-bond acceptors (Lipinski definition) is 2. The van der Waals surface area contributed by atoms with E-state index in [1.54, 1.807) is 0 Å². The Balaban J connectivity index is 3.38. The molecule has 2 heteroatoms. The fourth-order valence-corrected chi connectivity index (χ4v) is 2.22. The minimum absolute atomic E-state index is 0.641. The van der Waals surface area contributed by atoms with Crippen LogP contribution < -0.4 is 10.6 Å². The second kappa shape index (κ2) is 9.00. The molecular weight excluding hydrogens is 196 g/mol. The number of nitrogens with one attached hydrogen (secondary N) is 2. The lowest BCUT2D eigenvalue weighted by Gasteiger charge is -2.19. The topological polar surface area (TPSA) is 24.1 Å².